The number of nitrogens with one attached hydrogen (secondary N) is 2. The smallest absolute Gasteiger partial charge is 0.405 e. The number of benzene rings is 1. The third kappa shape index (κ3) is 4.10. The van der Waals surface area contributed by atoms with Gasteiger partial charge in [-0.2, -0.15) is 5.48 Å². The van der Waals surface area contributed by atoms with Gasteiger partial charge in [-0.15, -0.1) is 0 Å². The molecule has 0 fully saturated rings. The van der Waals surface area contributed by atoms with Crippen molar-refractivity contribution in [1.82, 2.24) is 14.9 Å². The topological polar surface area (TPSA) is 97.1 Å². The maximum Gasteiger partial charge on any atom is 0.436 e. The van der Waals surface area contributed by atoms with Crippen LogP contribution in [-0.2, 0) is 4.84 Å². The number of nitrogens with zero attached hydrogens (tertiary/aromatic N) is 2. The van der Waals surface area contributed by atoms with Crippen LogP contribution in [0.25, 0.3) is 5.52 Å². The average Bonchev–Trinajstić information content (AvgIpc) is 3.08. The molecule has 136 valence electrons. The molecule has 2 aromatic heterocycles. The van der Waals surface area contributed by atoms with Gasteiger partial charge in [-0.25, -0.2) is 14.2 Å². The van der Waals surface area contributed by atoms with Gasteiger partial charge in [-0.1, -0.05) is 15.9 Å². The fourth-order valence-electron chi connectivity index (χ4n) is 2.17. The lowest BCUT2D eigenvalue weighted by Gasteiger charge is -2.15. The number of amides is 1. The molecule has 3 rings (SSSR count). The molecular formula is C16H14BrFN4O4. The molecule has 0 spiro atoms. The Balaban J connectivity index is 1.91. The van der Waals surface area contributed by atoms with Gasteiger partial charge < -0.3 is 15.2 Å². The molecule has 0 radical (unpaired) electrons. The van der Waals surface area contributed by atoms with Gasteiger partial charge in [0.15, 0.2) is 11.6 Å². The molecule has 0 saturated heterocycles. The first-order chi connectivity index (χ1) is 12.6. The Morgan fingerprint density at radius 2 is 2.19 bits per heavy atom. The highest BCUT2D eigenvalue weighted by atomic mass is 79.9. The third-order valence-electron chi connectivity index (χ3n) is 3.28. The van der Waals surface area contributed by atoms with E-state index in [1.165, 1.54) is 12.4 Å². The first kappa shape index (κ1) is 18.1. The number of aliphatic hydroxyl groups is 1. The highest BCUT2D eigenvalue weighted by Gasteiger charge is 2.15. The summed E-state index contributed by atoms with van der Waals surface area (Å²) in [6.07, 6.45) is 2.22. The Bertz CT molecular complexity index is 934. The van der Waals surface area contributed by atoms with Gasteiger partial charge in [0, 0.05) is 4.47 Å². The Morgan fingerprint density at radius 3 is 2.96 bits per heavy atom. The second-order valence-electron chi connectivity index (χ2n) is 5.05. The second kappa shape index (κ2) is 8.13. The minimum Gasteiger partial charge on any atom is -0.405 e. The van der Waals surface area contributed by atoms with Crippen molar-refractivity contribution in [2.45, 2.75) is 0 Å². The summed E-state index contributed by atoms with van der Waals surface area (Å²) in [7, 11) is 0. The zero-order valence-corrected chi connectivity index (χ0v) is 14.9. The maximum atomic E-state index is 14.2. The molecule has 0 atom stereocenters. The summed E-state index contributed by atoms with van der Waals surface area (Å²) in [4.78, 5) is 20.5. The zero-order valence-electron chi connectivity index (χ0n) is 13.3. The Kier molecular flexibility index (Phi) is 5.66. The average molecular weight is 425 g/mol. The Morgan fingerprint density at radius 1 is 1.35 bits per heavy atom. The van der Waals surface area contributed by atoms with Gasteiger partial charge in [0.1, 0.15) is 12.1 Å². The normalized spacial score (nSPS) is 10.7. The monoisotopic (exact) mass is 424 g/mol. The van der Waals surface area contributed by atoms with Crippen LogP contribution in [0.15, 0.2) is 47.3 Å². The van der Waals surface area contributed by atoms with E-state index in [0.29, 0.717) is 15.8 Å². The minimum atomic E-state index is -0.891. The van der Waals surface area contributed by atoms with E-state index < -0.39 is 11.9 Å². The molecule has 0 aliphatic rings. The molecule has 1 aromatic carbocycles. The summed E-state index contributed by atoms with van der Waals surface area (Å²) in [5, 5.41) is 11.6. The quantitative estimate of drug-likeness (QED) is 0.415. The van der Waals surface area contributed by atoms with Crippen molar-refractivity contribution in [3.63, 3.8) is 0 Å². The molecule has 26 heavy (non-hydrogen) atoms. The largest absolute Gasteiger partial charge is 0.436 e. The van der Waals surface area contributed by atoms with Crippen LogP contribution in [0.1, 0.15) is 0 Å². The van der Waals surface area contributed by atoms with Crippen molar-refractivity contribution in [1.29, 1.82) is 0 Å². The molecule has 3 aromatic rings. The van der Waals surface area contributed by atoms with E-state index in [2.05, 4.69) is 26.2 Å². The number of hydroxylamine groups is 1. The van der Waals surface area contributed by atoms with Crippen LogP contribution in [0.5, 0.6) is 5.75 Å². The predicted octanol–water partition coefficient (Wildman–Crippen LogP) is 2.99. The number of hydrogen-bond donors (Lipinski definition) is 3. The highest BCUT2D eigenvalue weighted by molar-refractivity contribution is 9.10. The number of rotatable bonds is 6. The van der Waals surface area contributed by atoms with Crippen LogP contribution in [0.4, 0.5) is 20.7 Å². The van der Waals surface area contributed by atoms with Crippen LogP contribution in [0, 0.1) is 5.82 Å². The molecule has 1 amide bonds. The van der Waals surface area contributed by atoms with Gasteiger partial charge in [0.2, 0.25) is 0 Å². The lowest BCUT2D eigenvalue weighted by molar-refractivity contribution is 0.0246. The number of ether oxygens (including phenoxy) is 1. The summed E-state index contributed by atoms with van der Waals surface area (Å²) in [6.45, 7) is -0.332. The fraction of sp³-hybridized carbons (Fsp3) is 0.125. The predicted molar refractivity (Wildman–Crippen MR) is 94.8 cm³/mol. The maximum absolute atomic E-state index is 14.2. The van der Waals surface area contributed by atoms with Crippen molar-refractivity contribution in [2.75, 3.05) is 18.5 Å². The van der Waals surface area contributed by atoms with Crippen LogP contribution < -0.4 is 15.5 Å². The first-order valence-electron chi connectivity index (χ1n) is 7.46. The van der Waals surface area contributed by atoms with Crippen molar-refractivity contribution in [3.8, 4) is 5.75 Å². The zero-order chi connectivity index (χ0) is 18.5. The molecule has 0 aliphatic carbocycles. The summed E-state index contributed by atoms with van der Waals surface area (Å²) < 4.78 is 21.6. The van der Waals surface area contributed by atoms with E-state index in [4.69, 9.17) is 14.7 Å². The number of hydrogen-bond acceptors (Lipinski definition) is 6. The molecule has 10 heteroatoms. The summed E-state index contributed by atoms with van der Waals surface area (Å²) in [5.74, 6) is -0.0559. The van der Waals surface area contributed by atoms with Crippen molar-refractivity contribution in [2.24, 2.45) is 0 Å². The third-order valence-corrected chi connectivity index (χ3v) is 3.78. The molecule has 0 saturated carbocycles. The number of pyridine rings is 1. The summed E-state index contributed by atoms with van der Waals surface area (Å²) in [5.41, 5.74) is 2.94. The van der Waals surface area contributed by atoms with E-state index in [1.807, 2.05) is 5.48 Å². The van der Waals surface area contributed by atoms with Crippen LogP contribution in [0.2, 0.25) is 0 Å². The Labute approximate surface area is 155 Å². The number of halogens is 2. The van der Waals surface area contributed by atoms with E-state index in [9.17, 15) is 9.18 Å². The van der Waals surface area contributed by atoms with E-state index in [1.54, 1.807) is 34.9 Å². The lowest BCUT2D eigenvalue weighted by Crippen LogP contribution is -2.28. The van der Waals surface area contributed by atoms with Gasteiger partial charge in [0.25, 0.3) is 0 Å². The second-order valence-corrected chi connectivity index (χ2v) is 5.96. The van der Waals surface area contributed by atoms with Gasteiger partial charge in [0.05, 0.1) is 30.6 Å². The number of carbonyl (C=O) groups excluding carboxylic acids is 1. The SMILES string of the molecule is O=C(NOCCO)Oc1ccc2cncn2c1Nc1ccc(Br)cc1F. The molecular weight excluding hydrogens is 411 g/mol. The minimum absolute atomic E-state index is 0.0785. The van der Waals surface area contributed by atoms with Crippen LogP contribution >= 0.6 is 15.9 Å². The van der Waals surface area contributed by atoms with Gasteiger partial charge in [-0.05, 0) is 30.3 Å². The first-order valence-corrected chi connectivity index (χ1v) is 8.25. The fourth-order valence-corrected chi connectivity index (χ4v) is 2.51. The van der Waals surface area contributed by atoms with Crippen LogP contribution in [-0.4, -0.2) is 33.8 Å². The lowest BCUT2D eigenvalue weighted by atomic mass is 10.3. The molecule has 0 aliphatic heterocycles. The number of aliphatic hydroxyl groups excluding tert-OH is 1. The number of anilines is 2. The van der Waals surface area contributed by atoms with E-state index in [0.717, 1.165) is 0 Å². The molecule has 3 N–H and O–H groups in total. The molecule has 2 heterocycles. The van der Waals surface area contributed by atoms with E-state index in [-0.39, 0.29) is 24.7 Å². The van der Waals surface area contributed by atoms with Crippen LogP contribution in [0.3, 0.4) is 0 Å². The van der Waals surface area contributed by atoms with Gasteiger partial charge >= 0.3 is 6.09 Å². The van der Waals surface area contributed by atoms with Gasteiger partial charge in [-0.3, -0.25) is 9.24 Å². The standard InChI is InChI=1S/C16H14BrFN4O4/c17-10-1-3-13(12(18)7-10)20-15-14(26-16(24)21-25-6-5-23)4-2-11-8-19-9-22(11)15/h1-4,7-9,20,23H,5-6H2,(H,21,24). The number of carbonyl (C=O) groups is 1. The van der Waals surface area contributed by atoms with E-state index >= 15 is 0 Å². The number of imidazole rings is 1. The summed E-state index contributed by atoms with van der Waals surface area (Å²) in [6, 6.07) is 7.76. The Hall–Kier alpha value is -2.69. The van der Waals surface area contributed by atoms with Crippen molar-refractivity contribution < 1.29 is 23.9 Å². The number of fused-ring (bicyclic) bond motifs is 1. The van der Waals surface area contributed by atoms with Crippen molar-refractivity contribution >= 4 is 39.0 Å². The molecule has 0 bridgehead atoms. The highest BCUT2D eigenvalue weighted by Crippen LogP contribution is 2.31. The molecule has 8 nitrogen and oxygen atoms in total. The van der Waals surface area contributed by atoms with Crippen molar-refractivity contribution in [3.05, 3.63) is 53.1 Å². The number of aromatic nitrogens is 2. The molecule has 0 unspecified atom stereocenters. The summed E-state index contributed by atoms with van der Waals surface area (Å²) >= 11 is 3.20.